The van der Waals surface area contributed by atoms with Gasteiger partial charge in [-0.05, 0) is 48.5 Å². The second kappa shape index (κ2) is 6.01. The van der Waals surface area contributed by atoms with E-state index >= 15 is 0 Å². The topological polar surface area (TPSA) is 17.1 Å². The number of hydrogen-bond donors (Lipinski definition) is 0. The largest absolute Gasteiger partial charge is 0.294 e. The zero-order valence-corrected chi connectivity index (χ0v) is 11.8. The van der Waals surface area contributed by atoms with Gasteiger partial charge in [-0.2, -0.15) is 11.8 Å². The Morgan fingerprint density at radius 1 is 1.41 bits per heavy atom. The number of ketones is 1. The zero-order valence-electron chi connectivity index (χ0n) is 9.42. The third-order valence-electron chi connectivity index (χ3n) is 3.04. The van der Waals surface area contributed by atoms with Gasteiger partial charge in [-0.25, -0.2) is 4.39 Å². The Balaban J connectivity index is 2.05. The van der Waals surface area contributed by atoms with E-state index in [1.165, 1.54) is 12.1 Å². The number of carbonyl (C=O) groups is 1. The van der Waals surface area contributed by atoms with E-state index < -0.39 is 0 Å². The maximum absolute atomic E-state index is 13.1. The molecule has 4 heteroatoms. The number of benzene rings is 1. The van der Waals surface area contributed by atoms with Crippen molar-refractivity contribution in [3.63, 3.8) is 0 Å². The fourth-order valence-corrected chi connectivity index (χ4v) is 3.71. The lowest BCUT2D eigenvalue weighted by Crippen LogP contribution is -2.14. The van der Waals surface area contributed by atoms with E-state index in [-0.39, 0.29) is 11.6 Å². The van der Waals surface area contributed by atoms with Crippen molar-refractivity contribution in [2.24, 2.45) is 5.92 Å². The number of rotatable bonds is 3. The first-order chi connectivity index (χ1) is 8.16. The van der Waals surface area contributed by atoms with Gasteiger partial charge >= 0.3 is 0 Å². The Morgan fingerprint density at radius 2 is 2.12 bits per heavy atom. The van der Waals surface area contributed by atoms with Gasteiger partial charge in [0, 0.05) is 16.5 Å². The molecule has 1 aliphatic rings. The summed E-state index contributed by atoms with van der Waals surface area (Å²) in [4.78, 5) is 12.1. The normalized spacial score (nSPS) is 17.1. The summed E-state index contributed by atoms with van der Waals surface area (Å²) in [6.07, 6.45) is 2.75. The number of halogens is 2. The highest BCUT2D eigenvalue weighted by Gasteiger charge is 2.19. The van der Waals surface area contributed by atoms with Crippen molar-refractivity contribution in [1.29, 1.82) is 0 Å². The molecule has 1 nitrogen and oxygen atoms in total. The van der Waals surface area contributed by atoms with Crippen LogP contribution in [0, 0.1) is 11.7 Å². The van der Waals surface area contributed by atoms with Crippen LogP contribution in [0.25, 0.3) is 0 Å². The van der Waals surface area contributed by atoms with E-state index in [1.807, 2.05) is 11.8 Å². The first-order valence-corrected chi connectivity index (χ1v) is 7.67. The summed E-state index contributed by atoms with van der Waals surface area (Å²) in [5, 5.41) is 0. The molecule has 0 aromatic heterocycles. The van der Waals surface area contributed by atoms with E-state index in [1.54, 1.807) is 6.07 Å². The van der Waals surface area contributed by atoms with Crippen LogP contribution in [0.1, 0.15) is 29.6 Å². The molecule has 0 bridgehead atoms. The molecule has 1 aromatic carbocycles. The van der Waals surface area contributed by atoms with E-state index in [0.717, 1.165) is 24.3 Å². The lowest BCUT2D eigenvalue weighted by molar-refractivity contribution is 0.0957. The molecule has 0 unspecified atom stereocenters. The van der Waals surface area contributed by atoms with Crippen molar-refractivity contribution in [3.05, 3.63) is 34.1 Å². The van der Waals surface area contributed by atoms with Gasteiger partial charge in [0.25, 0.3) is 0 Å². The third-order valence-corrected chi connectivity index (χ3v) is 4.78. The highest BCUT2D eigenvalue weighted by Crippen LogP contribution is 2.28. The number of hydrogen-bond acceptors (Lipinski definition) is 2. The standard InChI is InChI=1S/C13H14BrFOS/c14-12-2-1-10(15)8-11(12)13(16)7-9-3-5-17-6-4-9/h1-2,8-9H,3-7H2. The summed E-state index contributed by atoms with van der Waals surface area (Å²) in [7, 11) is 0. The van der Waals surface area contributed by atoms with Gasteiger partial charge in [-0.1, -0.05) is 15.9 Å². The van der Waals surface area contributed by atoms with Crippen LogP contribution in [0.5, 0.6) is 0 Å². The highest BCUT2D eigenvalue weighted by molar-refractivity contribution is 9.10. The maximum atomic E-state index is 13.1. The molecule has 1 saturated heterocycles. The van der Waals surface area contributed by atoms with Crippen molar-refractivity contribution in [1.82, 2.24) is 0 Å². The number of carbonyl (C=O) groups excluding carboxylic acids is 1. The van der Waals surface area contributed by atoms with Crippen molar-refractivity contribution in [2.45, 2.75) is 19.3 Å². The molecule has 0 spiro atoms. The van der Waals surface area contributed by atoms with E-state index in [9.17, 15) is 9.18 Å². The Hall–Kier alpha value is -0.350. The monoisotopic (exact) mass is 316 g/mol. The Labute approximate surface area is 113 Å². The Morgan fingerprint density at radius 3 is 2.82 bits per heavy atom. The lowest BCUT2D eigenvalue weighted by Gasteiger charge is -2.20. The summed E-state index contributed by atoms with van der Waals surface area (Å²) in [6, 6.07) is 4.28. The molecule has 2 rings (SSSR count). The molecule has 1 fully saturated rings. The van der Waals surface area contributed by atoms with Crippen molar-refractivity contribution < 1.29 is 9.18 Å². The fraction of sp³-hybridized carbons (Fsp3) is 0.462. The van der Waals surface area contributed by atoms with Crippen LogP contribution in [0.3, 0.4) is 0 Å². The van der Waals surface area contributed by atoms with E-state index in [2.05, 4.69) is 15.9 Å². The fourth-order valence-electron chi connectivity index (χ4n) is 2.03. The molecule has 0 radical (unpaired) electrons. The molecule has 0 amide bonds. The second-order valence-corrected chi connectivity index (χ2v) is 6.39. The first kappa shape index (κ1) is 13.1. The molecule has 1 aliphatic heterocycles. The van der Waals surface area contributed by atoms with Crippen molar-refractivity contribution in [2.75, 3.05) is 11.5 Å². The molecule has 0 aliphatic carbocycles. The minimum absolute atomic E-state index is 0.0493. The highest BCUT2D eigenvalue weighted by atomic mass is 79.9. The summed E-state index contributed by atoms with van der Waals surface area (Å²) in [6.45, 7) is 0. The average molecular weight is 317 g/mol. The molecule has 0 atom stereocenters. The average Bonchev–Trinajstić information content (AvgIpc) is 2.33. The lowest BCUT2D eigenvalue weighted by atomic mass is 9.93. The van der Waals surface area contributed by atoms with Crippen LogP contribution in [0.2, 0.25) is 0 Å². The number of Topliss-reactive ketones (excluding diaryl/α,β-unsaturated/α-hetero) is 1. The van der Waals surface area contributed by atoms with Crippen LogP contribution < -0.4 is 0 Å². The maximum Gasteiger partial charge on any atom is 0.164 e. The summed E-state index contributed by atoms with van der Waals surface area (Å²) >= 11 is 5.25. The Bertz CT molecular complexity index is 416. The van der Waals surface area contributed by atoms with Gasteiger partial charge in [-0.3, -0.25) is 4.79 Å². The summed E-state index contributed by atoms with van der Waals surface area (Å²) in [5.41, 5.74) is 0.475. The smallest absolute Gasteiger partial charge is 0.164 e. The SMILES string of the molecule is O=C(CC1CCSCC1)c1cc(F)ccc1Br. The molecule has 0 saturated carbocycles. The molecule has 0 N–H and O–H groups in total. The molecule has 1 aromatic rings. The zero-order chi connectivity index (χ0) is 12.3. The van der Waals surface area contributed by atoms with Crippen LogP contribution in [-0.2, 0) is 0 Å². The third kappa shape index (κ3) is 3.55. The predicted molar refractivity (Wildman–Crippen MR) is 73.1 cm³/mol. The van der Waals surface area contributed by atoms with Crippen LogP contribution in [-0.4, -0.2) is 17.3 Å². The summed E-state index contributed by atoms with van der Waals surface area (Å²) in [5.74, 6) is 2.45. The predicted octanol–water partition coefficient (Wildman–Crippen LogP) is 4.30. The van der Waals surface area contributed by atoms with Gasteiger partial charge < -0.3 is 0 Å². The minimum Gasteiger partial charge on any atom is -0.294 e. The van der Waals surface area contributed by atoms with Gasteiger partial charge in [-0.15, -0.1) is 0 Å². The van der Waals surface area contributed by atoms with Crippen molar-refractivity contribution in [3.8, 4) is 0 Å². The van der Waals surface area contributed by atoms with Gasteiger partial charge in [0.15, 0.2) is 5.78 Å². The van der Waals surface area contributed by atoms with Crippen LogP contribution >= 0.6 is 27.7 Å². The minimum atomic E-state index is -0.351. The molecular weight excluding hydrogens is 303 g/mol. The van der Waals surface area contributed by atoms with Crippen molar-refractivity contribution >= 4 is 33.5 Å². The Kier molecular flexibility index (Phi) is 4.62. The van der Waals surface area contributed by atoms with Gasteiger partial charge in [0.2, 0.25) is 0 Å². The molecule has 92 valence electrons. The van der Waals surface area contributed by atoms with Gasteiger partial charge in [0.05, 0.1) is 0 Å². The van der Waals surface area contributed by atoms with Crippen LogP contribution in [0.4, 0.5) is 4.39 Å². The summed E-state index contributed by atoms with van der Waals surface area (Å²) < 4.78 is 13.8. The van der Waals surface area contributed by atoms with E-state index in [4.69, 9.17) is 0 Å². The molecule has 1 heterocycles. The number of thioether (sulfide) groups is 1. The second-order valence-electron chi connectivity index (χ2n) is 4.31. The first-order valence-electron chi connectivity index (χ1n) is 5.73. The quantitative estimate of drug-likeness (QED) is 0.773. The van der Waals surface area contributed by atoms with E-state index in [0.29, 0.717) is 22.4 Å². The van der Waals surface area contributed by atoms with Gasteiger partial charge in [0.1, 0.15) is 5.82 Å². The molecular formula is C13H14BrFOS. The molecule has 17 heavy (non-hydrogen) atoms. The van der Waals surface area contributed by atoms with Crippen LogP contribution in [0.15, 0.2) is 22.7 Å².